The van der Waals surface area contributed by atoms with E-state index in [-0.39, 0.29) is 0 Å². The quantitative estimate of drug-likeness (QED) is 0.485. The van der Waals surface area contributed by atoms with Gasteiger partial charge in [-0.3, -0.25) is 0 Å². The summed E-state index contributed by atoms with van der Waals surface area (Å²) in [7, 11) is -2.99. The van der Waals surface area contributed by atoms with Crippen LogP contribution in [0.2, 0.25) is 0 Å². The van der Waals surface area contributed by atoms with Gasteiger partial charge in [0.15, 0.2) is 19.7 Å². The van der Waals surface area contributed by atoms with Gasteiger partial charge in [-0.1, -0.05) is 45.9 Å². The lowest BCUT2D eigenvalue weighted by Gasteiger charge is -2.08. The summed E-state index contributed by atoms with van der Waals surface area (Å²) in [5, 5.41) is 0. The minimum Gasteiger partial charge on any atom is -0.224 e. The predicted molar refractivity (Wildman–Crippen MR) is 111 cm³/mol. The molecule has 0 unspecified atom stereocenters. The van der Waals surface area contributed by atoms with Gasteiger partial charge in [0, 0.05) is 24.0 Å². The summed E-state index contributed by atoms with van der Waals surface area (Å²) < 4.78 is 46.6. The lowest BCUT2D eigenvalue weighted by atomic mass is 10.2. The van der Waals surface area contributed by atoms with Gasteiger partial charge in [-0.25, -0.2) is 16.8 Å². The first-order chi connectivity index (χ1) is 12.0. The maximum atomic E-state index is 11.6. The van der Waals surface area contributed by atoms with Crippen LogP contribution in [0.5, 0.6) is 0 Å². The molecule has 0 aliphatic heterocycles. The Morgan fingerprint density at radius 2 is 1.04 bits per heavy atom. The van der Waals surface area contributed by atoms with Crippen molar-refractivity contribution >= 4 is 41.3 Å². The van der Waals surface area contributed by atoms with Crippen molar-refractivity contribution in [3.63, 3.8) is 0 Å². The fourth-order valence-corrected chi connectivity index (χ4v) is 6.69. The van der Waals surface area contributed by atoms with Gasteiger partial charge >= 0.3 is 0 Å². The molecule has 0 bridgehead atoms. The van der Waals surface area contributed by atoms with Crippen LogP contribution in [0.3, 0.4) is 0 Å². The van der Waals surface area contributed by atoms with E-state index in [9.17, 15) is 16.8 Å². The van der Waals surface area contributed by atoms with Crippen molar-refractivity contribution < 1.29 is 16.8 Å². The monoisotopic (exact) mass is 430 g/mol. The fraction of sp³-hybridized carbons (Fsp3) is 0.333. The van der Waals surface area contributed by atoms with Crippen LogP contribution >= 0.6 is 21.6 Å². The summed E-state index contributed by atoms with van der Waals surface area (Å²) in [4.78, 5) is 0.751. The third-order valence-corrected chi connectivity index (χ3v) is 8.60. The minimum atomic E-state index is -3.18. The average molecular weight is 431 g/mol. The van der Waals surface area contributed by atoms with E-state index in [1.165, 1.54) is 12.5 Å². The summed E-state index contributed by atoms with van der Waals surface area (Å²) >= 11 is 0. The Balaban J connectivity index is 1.93. The zero-order chi connectivity index (χ0) is 19.5. The molecule has 0 spiro atoms. The molecule has 0 amide bonds. The SMILES string of the molecule is Cc1cc(CSSCc2ccc(S(C)(=O)=O)c(C)c2)ccc1S(C)(=O)=O. The van der Waals surface area contributed by atoms with Gasteiger partial charge in [0.25, 0.3) is 0 Å². The van der Waals surface area contributed by atoms with Crippen LogP contribution in [-0.4, -0.2) is 29.3 Å². The fourth-order valence-electron chi connectivity index (χ4n) is 2.65. The first kappa shape index (κ1) is 21.3. The molecule has 2 aromatic carbocycles. The smallest absolute Gasteiger partial charge is 0.175 e. The molecule has 0 radical (unpaired) electrons. The zero-order valence-electron chi connectivity index (χ0n) is 15.1. The van der Waals surface area contributed by atoms with E-state index >= 15 is 0 Å². The number of aryl methyl sites for hydroxylation is 2. The molecule has 0 saturated carbocycles. The van der Waals surface area contributed by atoms with Gasteiger partial charge in [-0.05, 0) is 48.2 Å². The Hall–Kier alpha value is -0.960. The third kappa shape index (κ3) is 5.77. The Morgan fingerprint density at radius 3 is 1.31 bits per heavy atom. The lowest BCUT2D eigenvalue weighted by Crippen LogP contribution is -2.00. The molecule has 0 saturated heterocycles. The van der Waals surface area contributed by atoms with Crippen LogP contribution in [0.1, 0.15) is 22.3 Å². The first-order valence-electron chi connectivity index (χ1n) is 7.82. The summed E-state index contributed by atoms with van der Waals surface area (Å²) in [6.45, 7) is 3.62. The first-order valence-corrected chi connectivity index (χ1v) is 14.1. The lowest BCUT2D eigenvalue weighted by molar-refractivity contribution is 0.599. The van der Waals surface area contributed by atoms with Gasteiger partial charge in [0.2, 0.25) is 0 Å². The summed E-state index contributed by atoms with van der Waals surface area (Å²) in [5.41, 5.74) is 3.69. The molecule has 2 aromatic rings. The molecule has 0 atom stereocenters. The van der Waals surface area contributed by atoms with Gasteiger partial charge in [-0.2, -0.15) is 0 Å². The molecule has 0 N–H and O–H groups in total. The molecule has 0 aromatic heterocycles. The highest BCUT2D eigenvalue weighted by atomic mass is 33.1. The van der Waals surface area contributed by atoms with Crippen molar-refractivity contribution in [1.29, 1.82) is 0 Å². The van der Waals surface area contributed by atoms with Crippen molar-refractivity contribution in [2.75, 3.05) is 12.5 Å². The van der Waals surface area contributed by atoms with E-state index in [4.69, 9.17) is 0 Å². The molecular formula is C18H22O4S4. The standard InChI is InChI=1S/C18H22O4S4/c1-13-9-15(5-7-17(13)25(3,19)20)11-23-24-12-16-6-8-18(14(2)10-16)26(4,21)22/h5-10H,11-12H2,1-4H3. The Morgan fingerprint density at radius 1 is 0.692 bits per heavy atom. The Kier molecular flexibility index (Phi) is 6.87. The molecule has 142 valence electrons. The molecule has 2 rings (SSSR count). The number of sulfone groups is 2. The van der Waals surface area contributed by atoms with Crippen LogP contribution in [0, 0.1) is 13.8 Å². The molecule has 4 nitrogen and oxygen atoms in total. The molecule has 0 aliphatic rings. The van der Waals surface area contributed by atoms with Gasteiger partial charge in [-0.15, -0.1) is 0 Å². The molecule has 0 fully saturated rings. The average Bonchev–Trinajstić information content (AvgIpc) is 2.49. The number of rotatable bonds is 7. The van der Waals surface area contributed by atoms with Crippen molar-refractivity contribution in [2.24, 2.45) is 0 Å². The van der Waals surface area contributed by atoms with Gasteiger partial charge in [0.1, 0.15) is 0 Å². The predicted octanol–water partition coefficient (Wildman–Crippen LogP) is 4.19. The van der Waals surface area contributed by atoms with Gasteiger partial charge < -0.3 is 0 Å². The van der Waals surface area contributed by atoms with E-state index in [0.29, 0.717) is 9.79 Å². The van der Waals surface area contributed by atoms with Crippen LogP contribution < -0.4 is 0 Å². The van der Waals surface area contributed by atoms with Crippen molar-refractivity contribution in [3.05, 3.63) is 58.7 Å². The summed E-state index contributed by atoms with van der Waals surface area (Å²) in [6.07, 6.45) is 2.44. The van der Waals surface area contributed by atoms with Crippen molar-refractivity contribution in [2.45, 2.75) is 35.1 Å². The molecule has 8 heteroatoms. The van der Waals surface area contributed by atoms with Crippen LogP contribution in [0.25, 0.3) is 0 Å². The number of hydrogen-bond acceptors (Lipinski definition) is 6. The third-order valence-electron chi connectivity index (χ3n) is 3.81. The Labute approximate surface area is 164 Å². The van der Waals surface area contributed by atoms with Crippen LogP contribution in [0.4, 0.5) is 0 Å². The number of benzene rings is 2. The molecule has 0 aliphatic carbocycles. The Bertz CT molecular complexity index is 926. The van der Waals surface area contributed by atoms with E-state index < -0.39 is 19.7 Å². The van der Waals surface area contributed by atoms with Crippen molar-refractivity contribution in [1.82, 2.24) is 0 Å². The highest BCUT2D eigenvalue weighted by Gasteiger charge is 2.12. The van der Waals surface area contributed by atoms with E-state index in [0.717, 1.165) is 33.8 Å². The molecular weight excluding hydrogens is 408 g/mol. The normalized spacial score (nSPS) is 12.3. The van der Waals surface area contributed by atoms with Crippen LogP contribution in [0.15, 0.2) is 46.2 Å². The summed E-state index contributed by atoms with van der Waals surface area (Å²) in [5.74, 6) is 1.55. The molecule has 26 heavy (non-hydrogen) atoms. The number of hydrogen-bond donors (Lipinski definition) is 0. The van der Waals surface area contributed by atoms with E-state index in [2.05, 4.69) is 0 Å². The largest absolute Gasteiger partial charge is 0.224 e. The van der Waals surface area contributed by atoms with E-state index in [1.54, 1.807) is 33.7 Å². The minimum absolute atomic E-state index is 0.375. The summed E-state index contributed by atoms with van der Waals surface area (Å²) in [6, 6.07) is 10.9. The maximum Gasteiger partial charge on any atom is 0.175 e. The second kappa shape index (κ2) is 8.37. The second-order valence-corrected chi connectivity index (χ2v) is 12.7. The molecule has 0 heterocycles. The van der Waals surface area contributed by atoms with E-state index in [1.807, 2.05) is 38.1 Å². The topological polar surface area (TPSA) is 68.3 Å². The highest BCUT2D eigenvalue weighted by molar-refractivity contribution is 8.76. The van der Waals surface area contributed by atoms with Gasteiger partial charge in [0.05, 0.1) is 9.79 Å². The van der Waals surface area contributed by atoms with Crippen molar-refractivity contribution in [3.8, 4) is 0 Å². The van der Waals surface area contributed by atoms with Crippen LogP contribution in [-0.2, 0) is 31.2 Å². The zero-order valence-corrected chi connectivity index (χ0v) is 18.4. The maximum absolute atomic E-state index is 11.6. The highest BCUT2D eigenvalue weighted by Crippen LogP contribution is 2.31. The second-order valence-electron chi connectivity index (χ2n) is 6.27.